The maximum absolute atomic E-state index is 11.5. The molecule has 1 saturated heterocycles. The average molecular weight is 251 g/mol. The quantitative estimate of drug-likeness (QED) is 0.762. The Hall–Kier alpha value is -1.28. The largest absolute Gasteiger partial charge is 0.450 e. The van der Waals surface area contributed by atoms with E-state index in [9.17, 15) is 10.1 Å². The molecule has 1 saturated carbocycles. The highest BCUT2D eigenvalue weighted by Gasteiger charge is 2.39. The molecule has 0 atom stereocenters. The minimum Gasteiger partial charge on any atom is -0.450 e. The van der Waals surface area contributed by atoms with Gasteiger partial charge < -0.3 is 9.64 Å². The van der Waals surface area contributed by atoms with Crippen LogP contribution in [0.4, 0.5) is 4.79 Å². The fourth-order valence-electron chi connectivity index (χ4n) is 2.64. The third-order valence-corrected chi connectivity index (χ3v) is 3.97. The van der Waals surface area contributed by atoms with Crippen molar-refractivity contribution < 1.29 is 9.53 Å². The van der Waals surface area contributed by atoms with Crippen LogP contribution in [0.5, 0.6) is 0 Å². The first kappa shape index (κ1) is 13.2. The zero-order chi connectivity index (χ0) is 13.0. The number of hydrogen-bond donors (Lipinski definition) is 0. The van der Waals surface area contributed by atoms with E-state index in [1.54, 1.807) is 4.90 Å². The summed E-state index contributed by atoms with van der Waals surface area (Å²) in [6.07, 6.45) is 3.02. The van der Waals surface area contributed by atoms with E-state index in [-0.39, 0.29) is 11.5 Å². The number of piperazine rings is 1. The Labute approximate surface area is 108 Å². The van der Waals surface area contributed by atoms with Crippen LogP contribution in [-0.4, -0.2) is 55.2 Å². The van der Waals surface area contributed by atoms with Crippen LogP contribution in [0.25, 0.3) is 0 Å². The first-order chi connectivity index (χ1) is 8.69. The number of carbonyl (C=O) groups excluding carboxylic acids is 1. The zero-order valence-corrected chi connectivity index (χ0v) is 11.0. The van der Waals surface area contributed by atoms with Crippen molar-refractivity contribution in [1.29, 1.82) is 5.26 Å². The predicted octanol–water partition coefficient (Wildman–Crippen LogP) is 1.45. The summed E-state index contributed by atoms with van der Waals surface area (Å²) in [6, 6.07) is 2.47. The van der Waals surface area contributed by atoms with Crippen molar-refractivity contribution in [3.05, 3.63) is 0 Å². The molecule has 2 aliphatic rings. The van der Waals surface area contributed by atoms with Crippen LogP contribution in [-0.2, 0) is 4.74 Å². The lowest BCUT2D eigenvalue weighted by molar-refractivity contribution is 0.0564. The van der Waals surface area contributed by atoms with Gasteiger partial charge in [0.25, 0.3) is 0 Å². The molecule has 2 fully saturated rings. The Bertz CT molecular complexity index is 339. The Morgan fingerprint density at radius 3 is 2.44 bits per heavy atom. The van der Waals surface area contributed by atoms with Gasteiger partial charge in [-0.1, -0.05) is 6.42 Å². The van der Waals surface area contributed by atoms with Crippen molar-refractivity contribution in [2.45, 2.75) is 26.2 Å². The molecule has 1 heterocycles. The zero-order valence-electron chi connectivity index (χ0n) is 11.0. The van der Waals surface area contributed by atoms with E-state index in [0.717, 1.165) is 32.5 Å². The first-order valence-electron chi connectivity index (χ1n) is 6.74. The summed E-state index contributed by atoms with van der Waals surface area (Å²) in [5.41, 5.74) is -0.105. The number of hydrogen-bond acceptors (Lipinski definition) is 4. The molecule has 0 aromatic rings. The van der Waals surface area contributed by atoms with Crippen molar-refractivity contribution in [2.24, 2.45) is 5.41 Å². The summed E-state index contributed by atoms with van der Waals surface area (Å²) in [5.74, 6) is 0. The van der Waals surface area contributed by atoms with E-state index in [1.807, 2.05) is 6.92 Å². The molecule has 0 aromatic carbocycles. The van der Waals surface area contributed by atoms with Gasteiger partial charge in [0, 0.05) is 32.7 Å². The molecule has 100 valence electrons. The van der Waals surface area contributed by atoms with Gasteiger partial charge in [0.2, 0.25) is 0 Å². The summed E-state index contributed by atoms with van der Waals surface area (Å²) in [5, 5.41) is 9.22. The number of rotatable bonds is 3. The summed E-state index contributed by atoms with van der Waals surface area (Å²) < 4.78 is 4.99. The van der Waals surface area contributed by atoms with Crippen molar-refractivity contribution in [3.63, 3.8) is 0 Å². The molecule has 0 bridgehead atoms. The Morgan fingerprint density at radius 1 is 1.33 bits per heavy atom. The fourth-order valence-corrected chi connectivity index (χ4v) is 2.64. The van der Waals surface area contributed by atoms with Crippen LogP contribution in [0.15, 0.2) is 0 Å². The average Bonchev–Trinajstić information content (AvgIpc) is 2.35. The molecule has 0 spiro atoms. The van der Waals surface area contributed by atoms with E-state index in [0.29, 0.717) is 19.7 Å². The van der Waals surface area contributed by atoms with Crippen LogP contribution < -0.4 is 0 Å². The third kappa shape index (κ3) is 2.75. The SMILES string of the molecule is CCOC(=O)N1CCN(CC2(C#N)CCC2)CC1. The van der Waals surface area contributed by atoms with E-state index in [2.05, 4.69) is 11.0 Å². The summed E-state index contributed by atoms with van der Waals surface area (Å²) in [4.78, 5) is 15.6. The molecule has 18 heavy (non-hydrogen) atoms. The van der Waals surface area contributed by atoms with Gasteiger partial charge in [-0.3, -0.25) is 4.90 Å². The monoisotopic (exact) mass is 251 g/mol. The lowest BCUT2D eigenvalue weighted by atomic mass is 9.69. The molecule has 1 aliphatic carbocycles. The topological polar surface area (TPSA) is 56.6 Å². The Morgan fingerprint density at radius 2 is 2.00 bits per heavy atom. The van der Waals surface area contributed by atoms with Crippen molar-refractivity contribution in [1.82, 2.24) is 9.80 Å². The molecule has 0 N–H and O–H groups in total. The normalized spacial score (nSPS) is 23.0. The van der Waals surface area contributed by atoms with Crippen molar-refractivity contribution in [3.8, 4) is 6.07 Å². The van der Waals surface area contributed by atoms with Gasteiger partial charge >= 0.3 is 6.09 Å². The van der Waals surface area contributed by atoms with Gasteiger partial charge in [0.15, 0.2) is 0 Å². The molecule has 2 rings (SSSR count). The number of ether oxygens (including phenoxy) is 1. The number of nitrogens with zero attached hydrogens (tertiary/aromatic N) is 3. The fraction of sp³-hybridized carbons (Fsp3) is 0.846. The molecule has 0 radical (unpaired) electrons. The van der Waals surface area contributed by atoms with Crippen LogP contribution in [0.3, 0.4) is 0 Å². The number of amides is 1. The van der Waals surface area contributed by atoms with Crippen LogP contribution in [0, 0.1) is 16.7 Å². The standard InChI is InChI=1S/C13H21N3O2/c1-2-18-12(17)16-8-6-15(7-9-16)11-13(10-14)4-3-5-13/h2-9,11H2,1H3. The summed E-state index contributed by atoms with van der Waals surface area (Å²) in [6.45, 7) is 6.23. The minimum absolute atomic E-state index is 0.105. The van der Waals surface area contributed by atoms with Crippen LogP contribution in [0.1, 0.15) is 26.2 Å². The lowest BCUT2D eigenvalue weighted by Gasteiger charge is -2.42. The van der Waals surface area contributed by atoms with Crippen LogP contribution >= 0.6 is 0 Å². The van der Waals surface area contributed by atoms with Crippen LogP contribution in [0.2, 0.25) is 0 Å². The molecule has 5 heteroatoms. The minimum atomic E-state index is -0.212. The van der Waals surface area contributed by atoms with Gasteiger partial charge in [-0.05, 0) is 19.8 Å². The van der Waals surface area contributed by atoms with Gasteiger partial charge in [0.1, 0.15) is 0 Å². The van der Waals surface area contributed by atoms with Gasteiger partial charge in [-0.2, -0.15) is 5.26 Å². The second kappa shape index (κ2) is 5.57. The molecule has 1 aliphatic heterocycles. The van der Waals surface area contributed by atoms with Crippen molar-refractivity contribution >= 4 is 6.09 Å². The molecular formula is C13H21N3O2. The second-order valence-electron chi connectivity index (χ2n) is 5.21. The molecule has 5 nitrogen and oxygen atoms in total. The highest BCUT2D eigenvalue weighted by atomic mass is 16.6. The first-order valence-corrected chi connectivity index (χ1v) is 6.74. The molecular weight excluding hydrogens is 230 g/mol. The van der Waals surface area contributed by atoms with Crippen molar-refractivity contribution in [2.75, 3.05) is 39.3 Å². The Kier molecular flexibility index (Phi) is 4.07. The lowest BCUT2D eigenvalue weighted by Crippen LogP contribution is -2.52. The maximum Gasteiger partial charge on any atom is 0.409 e. The van der Waals surface area contributed by atoms with E-state index >= 15 is 0 Å². The van der Waals surface area contributed by atoms with E-state index in [1.165, 1.54) is 6.42 Å². The van der Waals surface area contributed by atoms with E-state index in [4.69, 9.17) is 4.74 Å². The molecule has 1 amide bonds. The van der Waals surface area contributed by atoms with Gasteiger partial charge in [-0.15, -0.1) is 0 Å². The third-order valence-electron chi connectivity index (χ3n) is 3.97. The highest BCUT2D eigenvalue weighted by Crippen LogP contribution is 2.40. The van der Waals surface area contributed by atoms with Gasteiger partial charge in [-0.25, -0.2) is 4.79 Å². The summed E-state index contributed by atoms with van der Waals surface area (Å²) >= 11 is 0. The number of carbonyl (C=O) groups is 1. The highest BCUT2D eigenvalue weighted by molar-refractivity contribution is 5.67. The maximum atomic E-state index is 11.5. The smallest absolute Gasteiger partial charge is 0.409 e. The number of nitriles is 1. The Balaban J connectivity index is 1.77. The van der Waals surface area contributed by atoms with E-state index < -0.39 is 0 Å². The second-order valence-corrected chi connectivity index (χ2v) is 5.21. The summed E-state index contributed by atoms with van der Waals surface area (Å²) in [7, 11) is 0. The molecule has 0 aromatic heterocycles. The van der Waals surface area contributed by atoms with Gasteiger partial charge in [0.05, 0.1) is 18.1 Å². The molecule has 0 unspecified atom stereocenters. The predicted molar refractivity (Wildman–Crippen MR) is 66.9 cm³/mol.